The lowest BCUT2D eigenvalue weighted by Crippen LogP contribution is -2.40. The molecule has 3 heteroatoms. The normalized spacial score (nSPS) is 34.1. The van der Waals surface area contributed by atoms with Crippen LogP contribution in [0.15, 0.2) is 11.6 Å². The highest BCUT2D eigenvalue weighted by atomic mass is 16.4. The van der Waals surface area contributed by atoms with Gasteiger partial charge in [-0.15, -0.1) is 0 Å². The van der Waals surface area contributed by atoms with Crippen molar-refractivity contribution in [2.24, 2.45) is 5.92 Å². The lowest BCUT2D eigenvalue weighted by molar-refractivity contribution is -0.133. The van der Waals surface area contributed by atoms with E-state index < -0.39 is 5.97 Å². The maximum Gasteiger partial charge on any atom is 0.332 e. The number of aliphatic carboxylic acids is 1. The van der Waals surface area contributed by atoms with Crippen molar-refractivity contribution in [3.05, 3.63) is 11.6 Å². The van der Waals surface area contributed by atoms with Gasteiger partial charge in [-0.3, -0.25) is 4.90 Å². The minimum atomic E-state index is -0.733. The second kappa shape index (κ2) is 3.14. The Morgan fingerprint density at radius 2 is 2.46 bits per heavy atom. The summed E-state index contributed by atoms with van der Waals surface area (Å²) in [4.78, 5) is 13.2. The maximum absolute atomic E-state index is 10.9. The third kappa shape index (κ3) is 1.48. The van der Waals surface area contributed by atoms with Crippen molar-refractivity contribution < 1.29 is 9.90 Å². The molecule has 1 N–H and O–H groups in total. The highest BCUT2D eigenvalue weighted by molar-refractivity contribution is 5.88. The molecule has 2 heterocycles. The van der Waals surface area contributed by atoms with Gasteiger partial charge < -0.3 is 5.11 Å². The van der Waals surface area contributed by atoms with Gasteiger partial charge in [0.05, 0.1) is 5.57 Å². The van der Waals surface area contributed by atoms with E-state index in [2.05, 4.69) is 11.8 Å². The zero-order valence-corrected chi connectivity index (χ0v) is 7.86. The molecule has 1 fully saturated rings. The fourth-order valence-electron chi connectivity index (χ4n) is 2.45. The average molecular weight is 181 g/mol. The predicted octanol–water partition coefficient (Wildman–Crippen LogP) is 1.11. The van der Waals surface area contributed by atoms with E-state index in [0.29, 0.717) is 11.5 Å². The summed E-state index contributed by atoms with van der Waals surface area (Å²) in [5, 5.41) is 9.01. The Hall–Kier alpha value is -0.830. The van der Waals surface area contributed by atoms with Crippen molar-refractivity contribution in [3.63, 3.8) is 0 Å². The second-order valence-electron chi connectivity index (χ2n) is 4.06. The van der Waals surface area contributed by atoms with E-state index in [9.17, 15) is 4.79 Å². The summed E-state index contributed by atoms with van der Waals surface area (Å²) in [7, 11) is 0. The van der Waals surface area contributed by atoms with Crippen molar-refractivity contribution in [2.45, 2.75) is 25.8 Å². The lowest BCUT2D eigenvalue weighted by Gasteiger charge is -2.31. The first-order chi connectivity index (χ1) is 6.18. The van der Waals surface area contributed by atoms with Crippen molar-refractivity contribution >= 4 is 5.97 Å². The fourth-order valence-corrected chi connectivity index (χ4v) is 2.45. The molecule has 0 aromatic heterocycles. The molecule has 13 heavy (non-hydrogen) atoms. The smallest absolute Gasteiger partial charge is 0.332 e. The molecular weight excluding hydrogens is 166 g/mol. The summed E-state index contributed by atoms with van der Waals surface area (Å²) in [5.74, 6) is -0.344. The standard InChI is InChI=1S/C10H15NO2/c1-7-5-8(10(12)13)9-3-2-4-11(9)6-7/h5,7,9H,2-4,6H2,1H3,(H,12,13). The van der Waals surface area contributed by atoms with Crippen molar-refractivity contribution in [3.8, 4) is 0 Å². The largest absolute Gasteiger partial charge is 0.478 e. The van der Waals surface area contributed by atoms with Crippen LogP contribution in [0.2, 0.25) is 0 Å². The van der Waals surface area contributed by atoms with Crippen LogP contribution in [0.5, 0.6) is 0 Å². The number of carbonyl (C=O) groups is 1. The van der Waals surface area contributed by atoms with Crippen molar-refractivity contribution in [1.82, 2.24) is 4.90 Å². The van der Waals surface area contributed by atoms with Crippen LogP contribution in [0.4, 0.5) is 0 Å². The number of nitrogens with zero attached hydrogens (tertiary/aromatic N) is 1. The summed E-state index contributed by atoms with van der Waals surface area (Å²) in [6.45, 7) is 4.18. The predicted molar refractivity (Wildman–Crippen MR) is 49.5 cm³/mol. The van der Waals surface area contributed by atoms with Crippen LogP contribution in [0.1, 0.15) is 19.8 Å². The second-order valence-corrected chi connectivity index (χ2v) is 4.06. The Labute approximate surface area is 78.0 Å². The molecule has 2 aliphatic heterocycles. The third-order valence-electron chi connectivity index (χ3n) is 2.96. The molecule has 0 aromatic carbocycles. The highest BCUT2D eigenvalue weighted by Gasteiger charge is 2.34. The highest BCUT2D eigenvalue weighted by Crippen LogP contribution is 2.29. The number of hydrogen-bond acceptors (Lipinski definition) is 2. The quantitative estimate of drug-likeness (QED) is 0.658. The Bertz CT molecular complexity index is 260. The molecule has 2 aliphatic rings. The summed E-state index contributed by atoms with van der Waals surface area (Å²) in [6, 6.07) is 0.202. The molecule has 2 unspecified atom stereocenters. The van der Waals surface area contributed by atoms with Gasteiger partial charge in [-0.05, 0) is 25.3 Å². The number of hydrogen-bond donors (Lipinski definition) is 1. The maximum atomic E-state index is 10.9. The van der Waals surface area contributed by atoms with E-state index in [1.165, 1.54) is 0 Å². The van der Waals surface area contributed by atoms with Crippen molar-refractivity contribution in [2.75, 3.05) is 13.1 Å². The van der Waals surface area contributed by atoms with Gasteiger partial charge in [0.15, 0.2) is 0 Å². The third-order valence-corrected chi connectivity index (χ3v) is 2.96. The van der Waals surface area contributed by atoms with E-state index >= 15 is 0 Å². The van der Waals surface area contributed by atoms with Gasteiger partial charge in [-0.25, -0.2) is 4.79 Å². The molecule has 72 valence electrons. The van der Waals surface area contributed by atoms with E-state index in [4.69, 9.17) is 5.11 Å². The molecular formula is C10H15NO2. The minimum Gasteiger partial charge on any atom is -0.478 e. The van der Waals surface area contributed by atoms with Crippen LogP contribution in [-0.2, 0) is 4.79 Å². The van der Waals surface area contributed by atoms with Gasteiger partial charge >= 0.3 is 5.97 Å². The minimum absolute atomic E-state index is 0.202. The molecule has 3 nitrogen and oxygen atoms in total. The summed E-state index contributed by atoms with van der Waals surface area (Å²) >= 11 is 0. The molecule has 0 aromatic rings. The van der Waals surface area contributed by atoms with Crippen LogP contribution in [0.3, 0.4) is 0 Å². The van der Waals surface area contributed by atoms with Gasteiger partial charge in [0.25, 0.3) is 0 Å². The molecule has 2 atom stereocenters. The number of rotatable bonds is 1. The first kappa shape index (κ1) is 8.75. The van der Waals surface area contributed by atoms with Gasteiger partial charge in [-0.2, -0.15) is 0 Å². The molecule has 0 spiro atoms. The molecule has 1 saturated heterocycles. The number of fused-ring (bicyclic) bond motifs is 1. The summed E-state index contributed by atoms with van der Waals surface area (Å²) < 4.78 is 0. The molecule has 2 rings (SSSR count). The summed E-state index contributed by atoms with van der Waals surface area (Å²) in [6.07, 6.45) is 4.08. The molecule has 0 amide bonds. The van der Waals surface area contributed by atoms with Gasteiger partial charge in [0.2, 0.25) is 0 Å². The molecule has 0 saturated carbocycles. The van der Waals surface area contributed by atoms with Crippen LogP contribution in [-0.4, -0.2) is 35.1 Å². The number of carboxylic acid groups (broad SMARTS) is 1. The van der Waals surface area contributed by atoms with E-state index in [0.717, 1.165) is 25.9 Å². The topological polar surface area (TPSA) is 40.5 Å². The van der Waals surface area contributed by atoms with Crippen LogP contribution in [0.25, 0.3) is 0 Å². The molecule has 0 aliphatic carbocycles. The Morgan fingerprint density at radius 1 is 1.69 bits per heavy atom. The van der Waals surface area contributed by atoms with E-state index in [1.807, 2.05) is 6.08 Å². The zero-order chi connectivity index (χ0) is 9.42. The molecule has 0 radical (unpaired) electrons. The fraction of sp³-hybridized carbons (Fsp3) is 0.700. The zero-order valence-electron chi connectivity index (χ0n) is 7.86. The summed E-state index contributed by atoms with van der Waals surface area (Å²) in [5.41, 5.74) is 0.622. The van der Waals surface area contributed by atoms with Gasteiger partial charge in [-0.1, -0.05) is 13.0 Å². The van der Waals surface area contributed by atoms with E-state index in [-0.39, 0.29) is 6.04 Å². The van der Waals surface area contributed by atoms with Crippen LogP contribution < -0.4 is 0 Å². The van der Waals surface area contributed by atoms with E-state index in [1.54, 1.807) is 0 Å². The molecule has 0 bridgehead atoms. The van der Waals surface area contributed by atoms with Crippen molar-refractivity contribution in [1.29, 1.82) is 0 Å². The first-order valence-electron chi connectivity index (χ1n) is 4.87. The number of carboxylic acids is 1. The lowest BCUT2D eigenvalue weighted by atomic mass is 9.95. The Kier molecular flexibility index (Phi) is 2.12. The Morgan fingerprint density at radius 3 is 3.15 bits per heavy atom. The SMILES string of the molecule is CC1C=C(C(=O)O)C2CCCN2C1. The van der Waals surface area contributed by atoms with Gasteiger partial charge in [0, 0.05) is 12.6 Å². The van der Waals surface area contributed by atoms with Crippen LogP contribution in [0, 0.1) is 5.92 Å². The Balaban J connectivity index is 2.26. The average Bonchev–Trinajstić information content (AvgIpc) is 2.49. The van der Waals surface area contributed by atoms with Crippen LogP contribution >= 0.6 is 0 Å². The first-order valence-corrected chi connectivity index (χ1v) is 4.87. The monoisotopic (exact) mass is 181 g/mol. The van der Waals surface area contributed by atoms with Gasteiger partial charge in [0.1, 0.15) is 0 Å².